The van der Waals surface area contributed by atoms with Crippen LogP contribution in [0.5, 0.6) is 51.7 Å². The van der Waals surface area contributed by atoms with Gasteiger partial charge in [0.15, 0.2) is 34.5 Å². The van der Waals surface area contributed by atoms with E-state index < -0.39 is 35.3 Å². The lowest BCUT2D eigenvalue weighted by atomic mass is 9.97. The molecule has 0 aromatic heterocycles. The van der Waals surface area contributed by atoms with Crippen molar-refractivity contribution >= 4 is 17.9 Å². The van der Waals surface area contributed by atoms with Gasteiger partial charge in [0.2, 0.25) is 17.2 Å². The van der Waals surface area contributed by atoms with Crippen molar-refractivity contribution in [3.63, 3.8) is 0 Å². The van der Waals surface area contributed by atoms with Crippen LogP contribution in [0, 0.1) is 0 Å². The normalized spacial score (nSPS) is 14.5. The minimum Gasteiger partial charge on any atom is -0.485 e. The van der Waals surface area contributed by atoms with Crippen molar-refractivity contribution in [1.82, 2.24) is 0 Å². The molecule has 3 aliphatic heterocycles. The molecular formula is C63H42O13. The Balaban J connectivity index is 0.951. The van der Waals surface area contributed by atoms with E-state index in [1.165, 1.54) is 36.4 Å². The van der Waals surface area contributed by atoms with Crippen molar-refractivity contribution in [2.45, 2.75) is 17.4 Å². The highest BCUT2D eigenvalue weighted by molar-refractivity contribution is 5.97. The molecule has 3 heterocycles. The molecule has 3 aliphatic rings. The van der Waals surface area contributed by atoms with Crippen molar-refractivity contribution in [1.29, 1.82) is 0 Å². The van der Waals surface area contributed by atoms with Crippen molar-refractivity contribution < 1.29 is 62.1 Å². The Morgan fingerprint density at radius 2 is 0.671 bits per heavy atom. The molecule has 0 saturated heterocycles. The van der Waals surface area contributed by atoms with Crippen LogP contribution in [0.1, 0.15) is 64.5 Å². The van der Waals surface area contributed by atoms with E-state index in [-0.39, 0.29) is 75.0 Å². The molecule has 0 saturated carbocycles. The zero-order valence-electron chi connectivity index (χ0n) is 40.1. The first-order chi connectivity index (χ1) is 37.2. The third-order valence-corrected chi connectivity index (χ3v) is 13.0. The Hall–Kier alpha value is -10.3. The Morgan fingerprint density at radius 1 is 0.395 bits per heavy atom. The second-order valence-electron chi connectivity index (χ2n) is 17.7. The van der Waals surface area contributed by atoms with Crippen LogP contribution in [-0.4, -0.2) is 29.6 Å². The van der Waals surface area contributed by atoms with Gasteiger partial charge in [-0.3, -0.25) is 0 Å². The first-order valence-electron chi connectivity index (χ1n) is 24.1. The van der Waals surface area contributed by atoms with Crippen molar-refractivity contribution in [3.8, 4) is 51.7 Å². The van der Waals surface area contributed by atoms with E-state index in [1.54, 1.807) is 6.08 Å². The SMILES string of the molecule is C=CCOc1cc(C(=O)Oc2cc(C(=O)Oc3cc(C(=O)O)cc4c3OC(c3ccccc3)(c3ccccc3)O4)cc3c2OC(c2ccccc2)(c2ccccc2)O3)cc2c1OC(c1ccccc1)(c1ccccc1)O2. The van der Waals surface area contributed by atoms with E-state index in [2.05, 4.69) is 6.58 Å². The van der Waals surface area contributed by atoms with Crippen LogP contribution in [0.2, 0.25) is 0 Å². The molecule has 0 unspecified atom stereocenters. The standard InChI is InChI=1S/C63H42O13/c1-2-33-68-49-36-41(38-53-55(49)74-61(72-53,43-21-9-3-10-22-43)44-23-11-4-12-24-44)59(66)70-51-37-42(39-54-57(51)76-63(73-54,47-29-17-7-18-30-47)48-31-19-8-20-32-48)60(67)69-50-34-40(58(64)65)35-52-56(50)75-62(71-52,45-25-13-5-14-26-45)46-27-15-6-16-28-46/h2-32,34-39H,1,33H2,(H,64,65). The third-order valence-electron chi connectivity index (χ3n) is 13.0. The molecule has 9 aromatic rings. The number of fused-ring (bicyclic) bond motifs is 3. The molecule has 13 heteroatoms. The quantitative estimate of drug-likeness (QED) is 0.0625. The predicted octanol–water partition coefficient (Wildman–Crippen LogP) is 12.4. The van der Waals surface area contributed by atoms with Crippen LogP contribution in [0.3, 0.4) is 0 Å². The summed E-state index contributed by atoms with van der Waals surface area (Å²) in [5.74, 6) is -7.88. The second kappa shape index (κ2) is 19.0. The molecule has 0 bridgehead atoms. The maximum Gasteiger partial charge on any atom is 0.343 e. The van der Waals surface area contributed by atoms with Gasteiger partial charge in [-0.2, -0.15) is 0 Å². The summed E-state index contributed by atoms with van der Waals surface area (Å²) in [6.07, 6.45) is 1.56. The number of esters is 2. The zero-order valence-corrected chi connectivity index (χ0v) is 40.1. The fourth-order valence-corrected chi connectivity index (χ4v) is 9.45. The molecular weight excluding hydrogens is 965 g/mol. The molecule has 0 fully saturated rings. The number of benzene rings is 9. The van der Waals surface area contributed by atoms with Gasteiger partial charge in [0.05, 0.1) is 16.7 Å². The lowest BCUT2D eigenvalue weighted by molar-refractivity contribution is -0.0470. The molecule has 0 aliphatic carbocycles. The number of ether oxygens (including phenoxy) is 9. The average Bonchev–Trinajstić information content (AvgIpc) is 4.21. The van der Waals surface area contributed by atoms with Gasteiger partial charge >= 0.3 is 35.3 Å². The van der Waals surface area contributed by atoms with E-state index in [1.807, 2.05) is 182 Å². The highest BCUT2D eigenvalue weighted by Crippen LogP contribution is 2.56. The number of hydrogen-bond donors (Lipinski definition) is 1. The molecule has 1 N–H and O–H groups in total. The first kappa shape index (κ1) is 46.8. The average molecular weight is 1010 g/mol. The van der Waals surface area contributed by atoms with E-state index in [0.29, 0.717) is 33.4 Å². The molecule has 76 heavy (non-hydrogen) atoms. The summed E-state index contributed by atoms with van der Waals surface area (Å²) in [7, 11) is 0. The van der Waals surface area contributed by atoms with E-state index in [9.17, 15) is 19.5 Å². The topological polar surface area (TPSA) is 155 Å². The van der Waals surface area contributed by atoms with Crippen LogP contribution in [0.4, 0.5) is 0 Å². The smallest absolute Gasteiger partial charge is 0.343 e. The molecule has 9 aromatic carbocycles. The monoisotopic (exact) mass is 1010 g/mol. The predicted molar refractivity (Wildman–Crippen MR) is 277 cm³/mol. The summed E-state index contributed by atoms with van der Waals surface area (Å²) in [6.45, 7) is 3.87. The van der Waals surface area contributed by atoms with Crippen LogP contribution in [-0.2, 0) is 17.4 Å². The maximum atomic E-state index is 14.8. The fraction of sp³-hybridized carbons (Fsp3) is 0.0635. The number of carboxylic acids is 1. The molecule has 372 valence electrons. The molecule has 12 rings (SSSR count). The highest BCUT2D eigenvalue weighted by Gasteiger charge is 2.50. The lowest BCUT2D eigenvalue weighted by Crippen LogP contribution is -2.36. The number of carboxylic acid groups (broad SMARTS) is 1. The largest absolute Gasteiger partial charge is 0.485 e. The summed E-state index contributed by atoms with van der Waals surface area (Å²) in [6, 6.07) is 63.4. The number of aromatic carboxylic acids is 1. The third kappa shape index (κ3) is 8.12. The summed E-state index contributed by atoms with van der Waals surface area (Å²) in [5.41, 5.74) is 3.25. The Kier molecular flexibility index (Phi) is 11.7. The Bertz CT molecular complexity index is 3570. The van der Waals surface area contributed by atoms with Crippen LogP contribution in [0.15, 0.2) is 231 Å². The van der Waals surface area contributed by atoms with Gasteiger partial charge in [-0.1, -0.05) is 195 Å². The van der Waals surface area contributed by atoms with Crippen LogP contribution < -0.4 is 42.6 Å². The van der Waals surface area contributed by atoms with Gasteiger partial charge in [0.1, 0.15) is 6.61 Å². The van der Waals surface area contributed by atoms with E-state index in [4.69, 9.17) is 42.6 Å². The minimum atomic E-state index is -1.64. The molecule has 0 radical (unpaired) electrons. The number of carbonyl (C=O) groups is 3. The van der Waals surface area contributed by atoms with Crippen LogP contribution >= 0.6 is 0 Å². The lowest BCUT2D eigenvalue weighted by Gasteiger charge is -2.28. The van der Waals surface area contributed by atoms with Crippen LogP contribution in [0.25, 0.3) is 0 Å². The number of hydrogen-bond acceptors (Lipinski definition) is 12. The Morgan fingerprint density at radius 3 is 0.974 bits per heavy atom. The first-order valence-corrected chi connectivity index (χ1v) is 24.1. The number of rotatable bonds is 14. The highest BCUT2D eigenvalue weighted by atomic mass is 16.8. The van der Waals surface area contributed by atoms with Gasteiger partial charge in [-0.05, 0) is 36.4 Å². The van der Waals surface area contributed by atoms with Gasteiger partial charge in [0.25, 0.3) is 0 Å². The van der Waals surface area contributed by atoms with Gasteiger partial charge in [-0.25, -0.2) is 14.4 Å². The summed E-state index contributed by atoms with van der Waals surface area (Å²) in [4.78, 5) is 42.3. The zero-order chi connectivity index (χ0) is 51.9. The van der Waals surface area contributed by atoms with Crippen molar-refractivity contribution in [2.24, 2.45) is 0 Å². The molecule has 0 spiro atoms. The van der Waals surface area contributed by atoms with Crippen molar-refractivity contribution in [3.05, 3.63) is 281 Å². The summed E-state index contributed by atoms with van der Waals surface area (Å²) >= 11 is 0. The second-order valence-corrected chi connectivity index (χ2v) is 17.7. The van der Waals surface area contributed by atoms with E-state index >= 15 is 0 Å². The summed E-state index contributed by atoms with van der Waals surface area (Å²) < 4.78 is 58.9. The van der Waals surface area contributed by atoms with E-state index in [0.717, 1.165) is 0 Å². The Labute approximate surface area is 435 Å². The molecule has 13 nitrogen and oxygen atoms in total. The molecule has 0 atom stereocenters. The maximum absolute atomic E-state index is 14.8. The minimum absolute atomic E-state index is 0.0103. The summed E-state index contributed by atoms with van der Waals surface area (Å²) in [5, 5.41) is 10.3. The van der Waals surface area contributed by atoms with Gasteiger partial charge in [0, 0.05) is 33.4 Å². The fourth-order valence-electron chi connectivity index (χ4n) is 9.45. The number of carbonyl (C=O) groups excluding carboxylic acids is 2. The van der Waals surface area contributed by atoms with Crippen molar-refractivity contribution in [2.75, 3.05) is 6.61 Å². The molecule has 0 amide bonds. The van der Waals surface area contributed by atoms with Gasteiger partial charge < -0.3 is 47.7 Å². The van der Waals surface area contributed by atoms with Gasteiger partial charge in [-0.15, -0.1) is 0 Å².